The Morgan fingerprint density at radius 2 is 2.33 bits per heavy atom. The molecule has 102 valence electrons. The maximum absolute atomic E-state index is 4.23. The summed E-state index contributed by atoms with van der Waals surface area (Å²) in [7, 11) is 0. The minimum absolute atomic E-state index is 0.492. The van der Waals surface area contributed by atoms with Crippen molar-refractivity contribution in [1.82, 2.24) is 19.8 Å². The topological polar surface area (TPSA) is 33.1 Å². The van der Waals surface area contributed by atoms with Gasteiger partial charge in [0.2, 0.25) is 0 Å². The quantitative estimate of drug-likeness (QED) is 0.837. The summed E-state index contributed by atoms with van der Waals surface area (Å²) in [6, 6.07) is 0.492. The van der Waals surface area contributed by atoms with Gasteiger partial charge in [-0.25, -0.2) is 4.98 Å². The van der Waals surface area contributed by atoms with E-state index in [1.807, 2.05) is 12.5 Å². The molecule has 1 aliphatic heterocycles. The Balaban J connectivity index is 1.74. The molecule has 0 radical (unpaired) electrons. The molecule has 0 spiro atoms. The average Bonchev–Trinajstić information content (AvgIpc) is 2.97. The van der Waals surface area contributed by atoms with E-state index in [0.29, 0.717) is 6.04 Å². The lowest BCUT2D eigenvalue weighted by molar-refractivity contribution is 0.338. The zero-order chi connectivity index (χ0) is 13.0. The van der Waals surface area contributed by atoms with Crippen LogP contribution < -0.4 is 5.32 Å². The Morgan fingerprint density at radius 3 is 3.00 bits per heavy atom. The monoisotopic (exact) mass is 250 g/mol. The van der Waals surface area contributed by atoms with Crippen molar-refractivity contribution < 1.29 is 0 Å². The Hall–Kier alpha value is -0.870. The first-order valence-corrected chi connectivity index (χ1v) is 7.14. The minimum Gasteiger partial charge on any atom is -0.331 e. The van der Waals surface area contributed by atoms with Crippen molar-refractivity contribution >= 4 is 0 Å². The van der Waals surface area contributed by atoms with Crippen molar-refractivity contribution in [3.8, 4) is 0 Å². The Labute approximate surface area is 110 Å². The van der Waals surface area contributed by atoms with Crippen LogP contribution >= 0.6 is 0 Å². The van der Waals surface area contributed by atoms with Crippen LogP contribution in [0.15, 0.2) is 12.5 Å². The first-order chi connectivity index (χ1) is 8.70. The summed E-state index contributed by atoms with van der Waals surface area (Å²) in [5, 5.41) is 3.58. The molecule has 0 saturated carbocycles. The molecule has 0 bridgehead atoms. The van der Waals surface area contributed by atoms with Gasteiger partial charge in [-0.3, -0.25) is 0 Å². The van der Waals surface area contributed by atoms with E-state index in [9.17, 15) is 0 Å². The van der Waals surface area contributed by atoms with E-state index >= 15 is 0 Å². The van der Waals surface area contributed by atoms with Gasteiger partial charge >= 0.3 is 0 Å². The molecule has 2 heterocycles. The van der Waals surface area contributed by atoms with Gasteiger partial charge in [0.15, 0.2) is 0 Å². The van der Waals surface area contributed by atoms with Gasteiger partial charge in [-0.05, 0) is 45.8 Å². The standard InChI is InChI=1S/C14H26N4/c1-4-17-6-5-13(10-17)7-15-8-14-9-16-11-18(14)12(2)3/h9,11-13,15H,4-8,10H2,1-3H3. The third-order valence-electron chi connectivity index (χ3n) is 3.86. The number of likely N-dealkylation sites (tertiary alicyclic amines) is 1. The van der Waals surface area contributed by atoms with Gasteiger partial charge in [0.25, 0.3) is 0 Å². The summed E-state index contributed by atoms with van der Waals surface area (Å²) < 4.78 is 2.24. The fourth-order valence-corrected chi connectivity index (χ4v) is 2.70. The second kappa shape index (κ2) is 6.34. The molecule has 4 heteroatoms. The van der Waals surface area contributed by atoms with E-state index in [0.717, 1.165) is 19.0 Å². The van der Waals surface area contributed by atoms with Crippen LogP contribution in [0.5, 0.6) is 0 Å². The normalized spacial score (nSPS) is 21.0. The van der Waals surface area contributed by atoms with Crippen molar-refractivity contribution in [1.29, 1.82) is 0 Å². The maximum Gasteiger partial charge on any atom is 0.0951 e. The zero-order valence-corrected chi connectivity index (χ0v) is 11.9. The number of nitrogens with one attached hydrogen (secondary N) is 1. The van der Waals surface area contributed by atoms with E-state index in [4.69, 9.17) is 0 Å². The summed E-state index contributed by atoms with van der Waals surface area (Å²) >= 11 is 0. The van der Waals surface area contributed by atoms with Crippen LogP contribution in [0.3, 0.4) is 0 Å². The van der Waals surface area contributed by atoms with E-state index in [1.54, 1.807) is 0 Å². The van der Waals surface area contributed by atoms with E-state index in [2.05, 4.69) is 40.5 Å². The second-order valence-electron chi connectivity index (χ2n) is 5.56. The van der Waals surface area contributed by atoms with Gasteiger partial charge in [0.05, 0.1) is 12.0 Å². The molecule has 1 atom stereocenters. The van der Waals surface area contributed by atoms with Crippen molar-refractivity contribution in [2.24, 2.45) is 5.92 Å². The molecule has 0 aromatic carbocycles. The number of hydrogen-bond donors (Lipinski definition) is 1. The highest BCUT2D eigenvalue weighted by molar-refractivity contribution is 4.99. The van der Waals surface area contributed by atoms with Gasteiger partial charge < -0.3 is 14.8 Å². The summed E-state index contributed by atoms with van der Waals surface area (Å²) in [4.78, 5) is 6.77. The molecule has 1 aromatic heterocycles. The van der Waals surface area contributed by atoms with Crippen LogP contribution in [0.4, 0.5) is 0 Å². The van der Waals surface area contributed by atoms with Gasteiger partial charge in [0, 0.05) is 25.3 Å². The molecule has 0 amide bonds. The van der Waals surface area contributed by atoms with Crippen molar-refractivity contribution in [2.45, 2.75) is 39.8 Å². The Kier molecular flexibility index (Phi) is 4.78. The lowest BCUT2D eigenvalue weighted by Gasteiger charge is -2.15. The molecular formula is C14H26N4. The van der Waals surface area contributed by atoms with Crippen LogP contribution in [0, 0.1) is 5.92 Å². The molecule has 1 fully saturated rings. The number of nitrogens with zero attached hydrogens (tertiary/aromatic N) is 3. The summed E-state index contributed by atoms with van der Waals surface area (Å²) in [5.74, 6) is 0.820. The molecule has 1 unspecified atom stereocenters. The number of hydrogen-bond acceptors (Lipinski definition) is 3. The van der Waals surface area contributed by atoms with Crippen molar-refractivity contribution in [2.75, 3.05) is 26.2 Å². The number of rotatable bonds is 6. The van der Waals surface area contributed by atoms with E-state index < -0.39 is 0 Å². The van der Waals surface area contributed by atoms with Gasteiger partial charge in [0.1, 0.15) is 0 Å². The smallest absolute Gasteiger partial charge is 0.0951 e. The maximum atomic E-state index is 4.23. The number of imidazole rings is 1. The predicted molar refractivity (Wildman–Crippen MR) is 74.5 cm³/mol. The van der Waals surface area contributed by atoms with Crippen LogP contribution in [-0.4, -0.2) is 40.6 Å². The van der Waals surface area contributed by atoms with Crippen LogP contribution in [0.2, 0.25) is 0 Å². The third-order valence-corrected chi connectivity index (χ3v) is 3.86. The molecule has 4 nitrogen and oxygen atoms in total. The number of aromatic nitrogens is 2. The van der Waals surface area contributed by atoms with Crippen LogP contribution in [0.25, 0.3) is 0 Å². The Bertz CT molecular complexity index is 358. The summed E-state index contributed by atoms with van der Waals surface area (Å²) in [6.07, 6.45) is 5.24. The van der Waals surface area contributed by atoms with Gasteiger partial charge in [-0.15, -0.1) is 0 Å². The lowest BCUT2D eigenvalue weighted by atomic mass is 10.1. The van der Waals surface area contributed by atoms with Gasteiger partial charge in [-0.2, -0.15) is 0 Å². The Morgan fingerprint density at radius 1 is 1.50 bits per heavy atom. The summed E-state index contributed by atoms with van der Waals surface area (Å²) in [6.45, 7) is 12.4. The molecule has 0 aliphatic carbocycles. The molecule has 18 heavy (non-hydrogen) atoms. The molecule has 2 rings (SSSR count). The second-order valence-corrected chi connectivity index (χ2v) is 5.56. The highest BCUT2D eigenvalue weighted by Gasteiger charge is 2.20. The van der Waals surface area contributed by atoms with Crippen LogP contribution in [0.1, 0.15) is 38.9 Å². The lowest BCUT2D eigenvalue weighted by Crippen LogP contribution is -2.27. The fraction of sp³-hybridized carbons (Fsp3) is 0.786. The average molecular weight is 250 g/mol. The molecule has 1 saturated heterocycles. The summed E-state index contributed by atoms with van der Waals surface area (Å²) in [5.41, 5.74) is 1.29. The first-order valence-electron chi connectivity index (χ1n) is 7.14. The van der Waals surface area contributed by atoms with E-state index in [1.165, 1.54) is 31.7 Å². The molecular weight excluding hydrogens is 224 g/mol. The van der Waals surface area contributed by atoms with Crippen molar-refractivity contribution in [3.63, 3.8) is 0 Å². The first kappa shape index (κ1) is 13.6. The highest BCUT2D eigenvalue weighted by atomic mass is 15.1. The predicted octanol–water partition coefficient (Wildman–Crippen LogP) is 1.90. The molecule has 1 N–H and O–H groups in total. The highest BCUT2D eigenvalue weighted by Crippen LogP contribution is 2.15. The van der Waals surface area contributed by atoms with Gasteiger partial charge in [-0.1, -0.05) is 6.92 Å². The van der Waals surface area contributed by atoms with Crippen molar-refractivity contribution in [3.05, 3.63) is 18.2 Å². The SMILES string of the molecule is CCN1CCC(CNCc2cncn2C(C)C)C1. The van der Waals surface area contributed by atoms with Crippen LogP contribution in [-0.2, 0) is 6.54 Å². The minimum atomic E-state index is 0.492. The molecule has 1 aliphatic rings. The zero-order valence-electron chi connectivity index (χ0n) is 11.9. The third kappa shape index (κ3) is 3.33. The fourth-order valence-electron chi connectivity index (χ4n) is 2.70. The largest absolute Gasteiger partial charge is 0.331 e. The van der Waals surface area contributed by atoms with E-state index in [-0.39, 0.29) is 0 Å². The molecule has 1 aromatic rings.